The molecular formula is C13H17Cl3. The maximum atomic E-state index is 6.14. The molecule has 16 heavy (non-hydrogen) atoms. The second-order valence-corrected chi connectivity index (χ2v) is 5.68. The highest BCUT2D eigenvalue weighted by molar-refractivity contribution is 6.36. The quantitative estimate of drug-likeness (QED) is 0.630. The molecule has 90 valence electrons. The molecule has 0 saturated carbocycles. The van der Waals surface area contributed by atoms with Crippen LogP contribution in [0.4, 0.5) is 0 Å². The van der Waals surface area contributed by atoms with Crippen molar-refractivity contribution in [2.24, 2.45) is 11.8 Å². The zero-order chi connectivity index (χ0) is 12.1. The van der Waals surface area contributed by atoms with Crippen LogP contribution in [0.1, 0.15) is 25.8 Å². The number of benzene rings is 1. The van der Waals surface area contributed by atoms with Crippen LogP contribution in [0.5, 0.6) is 0 Å². The first-order valence-electron chi connectivity index (χ1n) is 5.53. The van der Waals surface area contributed by atoms with Crippen LogP contribution in [0.2, 0.25) is 10.0 Å². The minimum absolute atomic E-state index is 0.444. The SMILES string of the molecule is CC(C)CC(CCl)Cc1c(Cl)cccc1Cl. The maximum Gasteiger partial charge on any atom is 0.0452 e. The Morgan fingerprint density at radius 2 is 1.69 bits per heavy atom. The molecule has 0 aliphatic rings. The monoisotopic (exact) mass is 278 g/mol. The zero-order valence-corrected chi connectivity index (χ0v) is 11.9. The minimum Gasteiger partial charge on any atom is -0.126 e. The van der Waals surface area contributed by atoms with Crippen molar-refractivity contribution in [1.82, 2.24) is 0 Å². The Morgan fingerprint density at radius 1 is 1.12 bits per heavy atom. The van der Waals surface area contributed by atoms with Gasteiger partial charge < -0.3 is 0 Å². The van der Waals surface area contributed by atoms with Gasteiger partial charge in [0.15, 0.2) is 0 Å². The second-order valence-electron chi connectivity index (χ2n) is 4.55. The van der Waals surface area contributed by atoms with E-state index in [4.69, 9.17) is 34.8 Å². The van der Waals surface area contributed by atoms with E-state index in [0.29, 0.717) is 17.7 Å². The first-order valence-corrected chi connectivity index (χ1v) is 6.82. The molecule has 0 nitrogen and oxygen atoms in total. The molecule has 0 aliphatic heterocycles. The van der Waals surface area contributed by atoms with Crippen LogP contribution in [0.25, 0.3) is 0 Å². The van der Waals surface area contributed by atoms with E-state index >= 15 is 0 Å². The summed E-state index contributed by atoms with van der Waals surface area (Å²) in [5, 5.41) is 1.48. The highest BCUT2D eigenvalue weighted by atomic mass is 35.5. The van der Waals surface area contributed by atoms with Gasteiger partial charge in [-0.05, 0) is 42.4 Å². The smallest absolute Gasteiger partial charge is 0.0452 e. The standard InChI is InChI=1S/C13H17Cl3/c1-9(2)6-10(8-14)7-11-12(15)4-3-5-13(11)16/h3-5,9-10H,6-8H2,1-2H3. The Hall–Kier alpha value is 0.0900. The van der Waals surface area contributed by atoms with Gasteiger partial charge in [0.05, 0.1) is 0 Å². The summed E-state index contributed by atoms with van der Waals surface area (Å²) in [5.74, 6) is 1.74. The molecule has 0 aliphatic carbocycles. The zero-order valence-electron chi connectivity index (χ0n) is 9.64. The Labute approximate surface area is 113 Å². The van der Waals surface area contributed by atoms with E-state index in [-0.39, 0.29) is 0 Å². The summed E-state index contributed by atoms with van der Waals surface area (Å²) in [4.78, 5) is 0. The van der Waals surface area contributed by atoms with Crippen LogP contribution in [0.3, 0.4) is 0 Å². The van der Waals surface area contributed by atoms with E-state index in [1.165, 1.54) is 0 Å². The predicted molar refractivity (Wildman–Crippen MR) is 73.8 cm³/mol. The van der Waals surface area contributed by atoms with Crippen LogP contribution in [0.15, 0.2) is 18.2 Å². The molecule has 0 spiro atoms. The van der Waals surface area contributed by atoms with Crippen LogP contribution in [-0.2, 0) is 6.42 Å². The summed E-state index contributed by atoms with van der Waals surface area (Å²) >= 11 is 18.3. The second kappa shape index (κ2) is 6.74. The van der Waals surface area contributed by atoms with Crippen LogP contribution < -0.4 is 0 Å². The van der Waals surface area contributed by atoms with Gasteiger partial charge in [-0.3, -0.25) is 0 Å². The molecule has 0 saturated heterocycles. The molecule has 0 amide bonds. The average molecular weight is 280 g/mol. The van der Waals surface area contributed by atoms with Crippen molar-refractivity contribution in [1.29, 1.82) is 0 Å². The fourth-order valence-corrected chi connectivity index (χ4v) is 2.67. The molecule has 0 aromatic heterocycles. The summed E-state index contributed by atoms with van der Waals surface area (Å²) in [5.41, 5.74) is 1.03. The Morgan fingerprint density at radius 3 is 2.12 bits per heavy atom. The van der Waals surface area contributed by atoms with Gasteiger partial charge in [-0.2, -0.15) is 0 Å². The van der Waals surface area contributed by atoms with Crippen molar-refractivity contribution in [3.05, 3.63) is 33.8 Å². The van der Waals surface area contributed by atoms with Crippen molar-refractivity contribution < 1.29 is 0 Å². The number of hydrogen-bond acceptors (Lipinski definition) is 0. The molecule has 0 bridgehead atoms. The van der Waals surface area contributed by atoms with Gasteiger partial charge in [0.1, 0.15) is 0 Å². The molecule has 3 heteroatoms. The van der Waals surface area contributed by atoms with Gasteiger partial charge in [-0.25, -0.2) is 0 Å². The number of halogens is 3. The van der Waals surface area contributed by atoms with Gasteiger partial charge in [-0.15, -0.1) is 11.6 Å². The van der Waals surface area contributed by atoms with Crippen molar-refractivity contribution in [2.75, 3.05) is 5.88 Å². The first kappa shape index (κ1) is 14.2. The molecule has 0 N–H and O–H groups in total. The molecule has 1 unspecified atom stereocenters. The minimum atomic E-state index is 0.444. The lowest BCUT2D eigenvalue weighted by Gasteiger charge is -2.17. The lowest BCUT2D eigenvalue weighted by Crippen LogP contribution is -2.10. The molecular weight excluding hydrogens is 263 g/mol. The summed E-state index contributed by atoms with van der Waals surface area (Å²) in [7, 11) is 0. The highest BCUT2D eigenvalue weighted by Gasteiger charge is 2.14. The molecule has 1 aromatic carbocycles. The third kappa shape index (κ3) is 4.16. The summed E-state index contributed by atoms with van der Waals surface area (Å²) in [6.45, 7) is 4.40. The number of rotatable bonds is 5. The Balaban J connectivity index is 2.77. The topological polar surface area (TPSA) is 0 Å². The van der Waals surface area contributed by atoms with Gasteiger partial charge in [-0.1, -0.05) is 43.1 Å². The Bertz CT molecular complexity index is 314. The van der Waals surface area contributed by atoms with Crippen LogP contribution >= 0.6 is 34.8 Å². The van der Waals surface area contributed by atoms with Crippen molar-refractivity contribution >= 4 is 34.8 Å². The molecule has 0 radical (unpaired) electrons. The van der Waals surface area contributed by atoms with E-state index < -0.39 is 0 Å². The molecule has 1 atom stereocenters. The summed E-state index contributed by atoms with van der Waals surface area (Å²) < 4.78 is 0. The van der Waals surface area contributed by atoms with E-state index in [2.05, 4.69) is 13.8 Å². The normalized spacial score (nSPS) is 13.1. The third-order valence-electron chi connectivity index (χ3n) is 2.58. The maximum absolute atomic E-state index is 6.14. The van der Waals surface area contributed by atoms with Gasteiger partial charge in [0, 0.05) is 15.9 Å². The molecule has 0 fully saturated rings. The van der Waals surface area contributed by atoms with Gasteiger partial charge in [0.25, 0.3) is 0 Å². The lowest BCUT2D eigenvalue weighted by molar-refractivity contribution is 0.441. The van der Waals surface area contributed by atoms with E-state index in [0.717, 1.165) is 28.5 Å². The molecule has 1 aromatic rings. The van der Waals surface area contributed by atoms with E-state index in [1.54, 1.807) is 0 Å². The van der Waals surface area contributed by atoms with Crippen molar-refractivity contribution in [3.8, 4) is 0 Å². The van der Waals surface area contributed by atoms with Crippen LogP contribution in [0, 0.1) is 11.8 Å². The van der Waals surface area contributed by atoms with E-state index in [9.17, 15) is 0 Å². The summed E-state index contributed by atoms with van der Waals surface area (Å²) in [6.07, 6.45) is 1.96. The van der Waals surface area contributed by atoms with Crippen molar-refractivity contribution in [3.63, 3.8) is 0 Å². The Kier molecular flexibility index (Phi) is 5.96. The highest BCUT2D eigenvalue weighted by Crippen LogP contribution is 2.29. The first-order chi connectivity index (χ1) is 7.54. The average Bonchev–Trinajstić information content (AvgIpc) is 2.21. The fourth-order valence-electron chi connectivity index (χ4n) is 1.88. The lowest BCUT2D eigenvalue weighted by atomic mass is 9.92. The van der Waals surface area contributed by atoms with Gasteiger partial charge in [0.2, 0.25) is 0 Å². The number of hydrogen-bond donors (Lipinski definition) is 0. The van der Waals surface area contributed by atoms with Gasteiger partial charge >= 0.3 is 0 Å². The van der Waals surface area contributed by atoms with Crippen LogP contribution in [-0.4, -0.2) is 5.88 Å². The van der Waals surface area contributed by atoms with Crippen molar-refractivity contribution in [2.45, 2.75) is 26.7 Å². The molecule has 0 heterocycles. The largest absolute Gasteiger partial charge is 0.126 e. The van der Waals surface area contributed by atoms with E-state index in [1.807, 2.05) is 18.2 Å². The summed E-state index contributed by atoms with van der Waals surface area (Å²) in [6, 6.07) is 5.62. The fraction of sp³-hybridized carbons (Fsp3) is 0.538. The predicted octanol–water partition coefficient (Wildman–Crippen LogP) is 5.44. The molecule has 1 rings (SSSR count). The number of alkyl halides is 1. The third-order valence-corrected chi connectivity index (χ3v) is 3.72.